The van der Waals surface area contributed by atoms with Crippen molar-refractivity contribution >= 4 is 27.3 Å². The Morgan fingerprint density at radius 2 is 2.18 bits per heavy atom. The predicted molar refractivity (Wildman–Crippen MR) is 76.4 cm³/mol. The second kappa shape index (κ2) is 5.29. The molecular weight excluding hydrogens is 296 g/mol. The first-order valence-electron chi connectivity index (χ1n) is 5.50. The van der Waals surface area contributed by atoms with Gasteiger partial charge in [0.2, 0.25) is 0 Å². The molecule has 1 unspecified atom stereocenters. The molecule has 0 saturated heterocycles. The molecule has 90 valence electrons. The lowest BCUT2D eigenvalue weighted by molar-refractivity contribution is 0.728. The van der Waals surface area contributed by atoms with Crippen molar-refractivity contribution in [1.82, 2.24) is 4.98 Å². The van der Waals surface area contributed by atoms with Gasteiger partial charge in [-0.05, 0) is 38.0 Å². The summed E-state index contributed by atoms with van der Waals surface area (Å²) in [6, 6.07) is 8.32. The van der Waals surface area contributed by atoms with Crippen LogP contribution in [0, 0.1) is 13.8 Å². The number of nitrogens with two attached hydrogens (primary N) is 1. The minimum atomic E-state index is 0.0375. The van der Waals surface area contributed by atoms with E-state index < -0.39 is 0 Å². The number of nitrogens with zero attached hydrogens (tertiary/aromatic N) is 1. The number of rotatable bonds is 3. The van der Waals surface area contributed by atoms with E-state index in [9.17, 15) is 0 Å². The van der Waals surface area contributed by atoms with Crippen molar-refractivity contribution in [1.29, 1.82) is 0 Å². The minimum absolute atomic E-state index is 0.0375. The van der Waals surface area contributed by atoms with Gasteiger partial charge in [-0.15, -0.1) is 11.3 Å². The van der Waals surface area contributed by atoms with Gasteiger partial charge in [0.15, 0.2) is 0 Å². The van der Waals surface area contributed by atoms with Gasteiger partial charge >= 0.3 is 0 Å². The van der Waals surface area contributed by atoms with Crippen molar-refractivity contribution in [3.8, 4) is 0 Å². The standard InChI is InChI=1S/C13H15BrN2S/c1-8-13(17-9(2)16-8)12(15)7-10-4-3-5-11(14)6-10/h3-6,12H,7,15H2,1-2H3. The van der Waals surface area contributed by atoms with Gasteiger partial charge in [-0.1, -0.05) is 28.1 Å². The highest BCUT2D eigenvalue weighted by molar-refractivity contribution is 9.10. The molecule has 2 aromatic rings. The first kappa shape index (κ1) is 12.7. The van der Waals surface area contributed by atoms with Gasteiger partial charge in [0.1, 0.15) is 0 Å². The third kappa shape index (κ3) is 3.15. The highest BCUT2D eigenvalue weighted by atomic mass is 79.9. The summed E-state index contributed by atoms with van der Waals surface area (Å²) >= 11 is 5.17. The maximum Gasteiger partial charge on any atom is 0.0900 e. The van der Waals surface area contributed by atoms with E-state index in [1.807, 2.05) is 26.0 Å². The number of hydrogen-bond acceptors (Lipinski definition) is 3. The molecule has 0 spiro atoms. The molecule has 0 aliphatic carbocycles. The van der Waals surface area contributed by atoms with E-state index in [-0.39, 0.29) is 6.04 Å². The monoisotopic (exact) mass is 310 g/mol. The molecule has 0 aliphatic heterocycles. The van der Waals surface area contributed by atoms with E-state index in [2.05, 4.69) is 33.0 Å². The second-order valence-electron chi connectivity index (χ2n) is 4.12. The lowest BCUT2D eigenvalue weighted by atomic mass is 10.0. The van der Waals surface area contributed by atoms with Crippen molar-refractivity contribution in [3.63, 3.8) is 0 Å². The first-order valence-corrected chi connectivity index (χ1v) is 7.11. The topological polar surface area (TPSA) is 38.9 Å². The van der Waals surface area contributed by atoms with E-state index in [1.165, 1.54) is 10.4 Å². The molecule has 4 heteroatoms. The molecule has 0 saturated carbocycles. The Hall–Kier alpha value is -0.710. The van der Waals surface area contributed by atoms with Gasteiger partial charge < -0.3 is 5.73 Å². The molecule has 0 amide bonds. The SMILES string of the molecule is Cc1nc(C)c(C(N)Cc2cccc(Br)c2)s1. The molecule has 0 aliphatic rings. The fourth-order valence-electron chi connectivity index (χ4n) is 1.90. The first-order chi connectivity index (χ1) is 8.06. The Morgan fingerprint density at radius 3 is 2.76 bits per heavy atom. The predicted octanol–water partition coefficient (Wildman–Crippen LogP) is 3.76. The molecular formula is C13H15BrN2S. The largest absolute Gasteiger partial charge is 0.323 e. The number of thiazole rings is 1. The highest BCUT2D eigenvalue weighted by Crippen LogP contribution is 2.26. The lowest BCUT2D eigenvalue weighted by Crippen LogP contribution is -2.13. The molecule has 2 nitrogen and oxygen atoms in total. The fourth-order valence-corrected chi connectivity index (χ4v) is 3.28. The normalized spacial score (nSPS) is 12.7. The van der Waals surface area contributed by atoms with E-state index in [1.54, 1.807) is 11.3 Å². The number of aromatic nitrogens is 1. The van der Waals surface area contributed by atoms with E-state index in [0.29, 0.717) is 0 Å². The van der Waals surface area contributed by atoms with Crippen molar-refractivity contribution in [3.05, 3.63) is 49.9 Å². The number of aryl methyl sites for hydroxylation is 2. The van der Waals surface area contributed by atoms with Crippen LogP contribution in [0.5, 0.6) is 0 Å². The number of halogens is 1. The van der Waals surface area contributed by atoms with Gasteiger partial charge in [-0.2, -0.15) is 0 Å². The van der Waals surface area contributed by atoms with Crippen LogP contribution in [0.25, 0.3) is 0 Å². The van der Waals surface area contributed by atoms with Crippen LogP contribution in [0.1, 0.15) is 27.2 Å². The summed E-state index contributed by atoms with van der Waals surface area (Å²) < 4.78 is 1.10. The quantitative estimate of drug-likeness (QED) is 0.937. The van der Waals surface area contributed by atoms with Crippen LogP contribution in [0.15, 0.2) is 28.7 Å². The maximum absolute atomic E-state index is 6.25. The highest BCUT2D eigenvalue weighted by Gasteiger charge is 2.13. The third-order valence-corrected chi connectivity index (χ3v) is 4.32. The number of hydrogen-bond donors (Lipinski definition) is 1. The van der Waals surface area contributed by atoms with Crippen molar-refractivity contribution in [2.75, 3.05) is 0 Å². The fraction of sp³-hybridized carbons (Fsp3) is 0.308. The minimum Gasteiger partial charge on any atom is -0.323 e. The molecule has 1 atom stereocenters. The zero-order chi connectivity index (χ0) is 12.4. The van der Waals surface area contributed by atoms with Crippen molar-refractivity contribution < 1.29 is 0 Å². The summed E-state index contributed by atoms with van der Waals surface area (Å²) in [4.78, 5) is 5.62. The third-order valence-electron chi connectivity index (χ3n) is 2.62. The summed E-state index contributed by atoms with van der Waals surface area (Å²) in [7, 11) is 0. The molecule has 1 heterocycles. The van der Waals surface area contributed by atoms with Crippen LogP contribution < -0.4 is 5.73 Å². The van der Waals surface area contributed by atoms with Crippen LogP contribution in [0.3, 0.4) is 0 Å². The van der Waals surface area contributed by atoms with Crippen LogP contribution in [-0.2, 0) is 6.42 Å². The van der Waals surface area contributed by atoms with Gasteiger partial charge in [0.25, 0.3) is 0 Å². The summed E-state index contributed by atoms with van der Waals surface area (Å²) in [5.41, 5.74) is 8.56. The summed E-state index contributed by atoms with van der Waals surface area (Å²) in [5.74, 6) is 0. The lowest BCUT2D eigenvalue weighted by Gasteiger charge is -2.10. The smallest absolute Gasteiger partial charge is 0.0900 e. The maximum atomic E-state index is 6.25. The molecule has 1 aromatic carbocycles. The number of benzene rings is 1. The Balaban J connectivity index is 2.16. The summed E-state index contributed by atoms with van der Waals surface area (Å²) in [6.07, 6.45) is 0.849. The van der Waals surface area contributed by atoms with Gasteiger partial charge in [-0.25, -0.2) is 4.98 Å². The molecule has 2 rings (SSSR count). The van der Waals surface area contributed by atoms with Crippen LogP contribution in [0.2, 0.25) is 0 Å². The molecule has 17 heavy (non-hydrogen) atoms. The molecule has 0 radical (unpaired) electrons. The van der Waals surface area contributed by atoms with Crippen molar-refractivity contribution in [2.24, 2.45) is 5.73 Å². The Kier molecular flexibility index (Phi) is 3.97. The zero-order valence-corrected chi connectivity index (χ0v) is 12.3. The average Bonchev–Trinajstić information content (AvgIpc) is 2.58. The molecule has 1 aromatic heterocycles. The average molecular weight is 311 g/mol. The zero-order valence-electron chi connectivity index (χ0n) is 9.90. The van der Waals surface area contributed by atoms with E-state index in [0.717, 1.165) is 21.6 Å². The Morgan fingerprint density at radius 1 is 1.41 bits per heavy atom. The van der Waals surface area contributed by atoms with Gasteiger partial charge in [-0.3, -0.25) is 0 Å². The summed E-state index contributed by atoms with van der Waals surface area (Å²) in [5, 5.41) is 1.09. The summed E-state index contributed by atoms with van der Waals surface area (Å²) in [6.45, 7) is 4.05. The van der Waals surface area contributed by atoms with Gasteiger partial charge in [0, 0.05) is 15.4 Å². The Labute approximate surface area is 114 Å². The Bertz CT molecular complexity index is 522. The van der Waals surface area contributed by atoms with Crippen LogP contribution >= 0.6 is 27.3 Å². The van der Waals surface area contributed by atoms with E-state index >= 15 is 0 Å². The van der Waals surface area contributed by atoms with Crippen molar-refractivity contribution in [2.45, 2.75) is 26.3 Å². The second-order valence-corrected chi connectivity index (χ2v) is 6.27. The van der Waals surface area contributed by atoms with Crippen LogP contribution in [-0.4, -0.2) is 4.98 Å². The van der Waals surface area contributed by atoms with Gasteiger partial charge in [0.05, 0.1) is 10.7 Å². The molecule has 0 fully saturated rings. The van der Waals surface area contributed by atoms with Crippen LogP contribution in [0.4, 0.5) is 0 Å². The molecule has 2 N–H and O–H groups in total. The van der Waals surface area contributed by atoms with E-state index in [4.69, 9.17) is 5.73 Å². The molecule has 0 bridgehead atoms.